The Hall–Kier alpha value is -1.53. The van der Waals surface area contributed by atoms with Gasteiger partial charge in [-0.3, -0.25) is 4.79 Å². The first-order chi connectivity index (χ1) is 10.3. The summed E-state index contributed by atoms with van der Waals surface area (Å²) in [6.07, 6.45) is 2.83. The Morgan fingerprint density at radius 2 is 2.38 bits per heavy atom. The van der Waals surface area contributed by atoms with E-state index in [-0.39, 0.29) is 12.0 Å². The molecule has 1 N–H and O–H groups in total. The summed E-state index contributed by atoms with van der Waals surface area (Å²) in [5.74, 6) is 2.37. The molecule has 3 rings (SSSR count). The van der Waals surface area contributed by atoms with Crippen LogP contribution >= 0.6 is 23.1 Å². The normalized spacial score (nSPS) is 17.6. The molecular formula is C15H16N2O2S2. The Morgan fingerprint density at radius 1 is 1.43 bits per heavy atom. The minimum absolute atomic E-state index is 0.142. The molecule has 0 spiro atoms. The lowest BCUT2D eigenvalue weighted by molar-refractivity contribution is 0.0943. The first-order valence-corrected chi connectivity index (χ1v) is 8.86. The van der Waals surface area contributed by atoms with Gasteiger partial charge in [-0.2, -0.15) is 11.8 Å². The van der Waals surface area contributed by atoms with Crippen LogP contribution in [-0.2, 0) is 6.54 Å². The van der Waals surface area contributed by atoms with Gasteiger partial charge in [0.05, 0.1) is 6.54 Å². The average Bonchev–Trinajstić information content (AvgIpc) is 3.18. The minimum Gasteiger partial charge on any atom is -0.473 e. The second-order valence-electron chi connectivity index (χ2n) is 4.72. The fourth-order valence-corrected chi connectivity index (χ4v) is 3.84. The van der Waals surface area contributed by atoms with E-state index in [2.05, 4.69) is 10.3 Å². The molecule has 0 unspecified atom stereocenters. The van der Waals surface area contributed by atoms with Gasteiger partial charge in [0.25, 0.3) is 5.91 Å². The van der Waals surface area contributed by atoms with Crippen LogP contribution in [-0.4, -0.2) is 28.5 Å². The van der Waals surface area contributed by atoms with E-state index in [1.807, 2.05) is 29.3 Å². The molecule has 1 atom stereocenters. The largest absolute Gasteiger partial charge is 0.473 e. The Balaban J connectivity index is 1.67. The summed E-state index contributed by atoms with van der Waals surface area (Å²) in [6.45, 7) is 0.532. The summed E-state index contributed by atoms with van der Waals surface area (Å²) >= 11 is 3.50. The molecule has 1 aliphatic heterocycles. The summed E-state index contributed by atoms with van der Waals surface area (Å²) in [5.41, 5.74) is 0.506. The Bertz CT molecular complexity index is 595. The molecule has 3 heterocycles. The standard InChI is InChI=1S/C15H16N2O2S2/c18-14(17-9-12-3-2-7-21-12)13-4-1-6-16-15(13)19-11-5-8-20-10-11/h1-4,6-7,11H,5,8-10H2,(H,17,18)/t11-/m0/s1. The third-order valence-corrected chi connectivity index (χ3v) is 5.19. The fourth-order valence-electron chi connectivity index (χ4n) is 2.10. The molecule has 21 heavy (non-hydrogen) atoms. The highest BCUT2D eigenvalue weighted by Gasteiger charge is 2.21. The average molecular weight is 320 g/mol. The summed E-state index contributed by atoms with van der Waals surface area (Å²) in [4.78, 5) is 17.6. The van der Waals surface area contributed by atoms with Crippen LogP contribution in [0.15, 0.2) is 35.8 Å². The number of ether oxygens (including phenoxy) is 1. The first-order valence-electron chi connectivity index (χ1n) is 6.83. The number of pyridine rings is 1. The number of carbonyl (C=O) groups is 1. The maximum atomic E-state index is 12.3. The quantitative estimate of drug-likeness (QED) is 0.920. The van der Waals surface area contributed by atoms with Crippen molar-refractivity contribution in [2.45, 2.75) is 19.1 Å². The van der Waals surface area contributed by atoms with Gasteiger partial charge in [-0.1, -0.05) is 6.07 Å². The van der Waals surface area contributed by atoms with Crippen molar-refractivity contribution in [3.05, 3.63) is 46.3 Å². The number of aromatic nitrogens is 1. The molecule has 2 aromatic heterocycles. The highest BCUT2D eigenvalue weighted by molar-refractivity contribution is 7.99. The van der Waals surface area contributed by atoms with E-state index in [0.29, 0.717) is 18.0 Å². The van der Waals surface area contributed by atoms with Crippen molar-refractivity contribution in [2.24, 2.45) is 0 Å². The number of carbonyl (C=O) groups excluding carboxylic acids is 1. The van der Waals surface area contributed by atoms with Crippen LogP contribution in [0.1, 0.15) is 21.7 Å². The molecule has 0 saturated carbocycles. The van der Waals surface area contributed by atoms with Crippen molar-refractivity contribution in [3.8, 4) is 5.88 Å². The molecule has 2 aromatic rings. The highest BCUT2D eigenvalue weighted by Crippen LogP contribution is 2.24. The summed E-state index contributed by atoms with van der Waals surface area (Å²) in [6, 6.07) is 7.49. The third-order valence-electron chi connectivity index (χ3n) is 3.19. The zero-order chi connectivity index (χ0) is 14.5. The minimum atomic E-state index is -0.142. The van der Waals surface area contributed by atoms with E-state index >= 15 is 0 Å². The number of thioether (sulfide) groups is 1. The smallest absolute Gasteiger partial charge is 0.257 e. The zero-order valence-corrected chi connectivity index (χ0v) is 13.1. The number of amides is 1. The van der Waals surface area contributed by atoms with Crippen molar-refractivity contribution in [3.63, 3.8) is 0 Å². The van der Waals surface area contributed by atoms with Gasteiger partial charge in [-0.15, -0.1) is 11.3 Å². The van der Waals surface area contributed by atoms with Crippen molar-refractivity contribution in [2.75, 3.05) is 11.5 Å². The van der Waals surface area contributed by atoms with Crippen LogP contribution in [0, 0.1) is 0 Å². The summed E-state index contributed by atoms with van der Waals surface area (Å²) in [7, 11) is 0. The molecule has 110 valence electrons. The van der Waals surface area contributed by atoms with Gasteiger partial charge >= 0.3 is 0 Å². The van der Waals surface area contributed by atoms with Gasteiger partial charge in [0.1, 0.15) is 11.7 Å². The Morgan fingerprint density at radius 3 is 3.14 bits per heavy atom. The summed E-state index contributed by atoms with van der Waals surface area (Å²) in [5, 5.41) is 4.91. The summed E-state index contributed by atoms with van der Waals surface area (Å²) < 4.78 is 5.87. The van der Waals surface area contributed by atoms with Crippen LogP contribution in [0.3, 0.4) is 0 Å². The second-order valence-corrected chi connectivity index (χ2v) is 6.90. The molecule has 1 amide bonds. The monoisotopic (exact) mass is 320 g/mol. The van der Waals surface area contributed by atoms with Crippen LogP contribution in [0.2, 0.25) is 0 Å². The predicted octanol–water partition coefficient (Wildman–Crippen LogP) is 2.96. The van der Waals surface area contributed by atoms with Crippen molar-refractivity contribution in [1.82, 2.24) is 10.3 Å². The Kier molecular flexibility index (Phi) is 4.77. The van der Waals surface area contributed by atoms with Gasteiger partial charge < -0.3 is 10.1 Å². The van der Waals surface area contributed by atoms with E-state index in [9.17, 15) is 4.79 Å². The maximum absolute atomic E-state index is 12.3. The molecule has 4 nitrogen and oxygen atoms in total. The third kappa shape index (κ3) is 3.77. The van der Waals surface area contributed by atoms with Gasteiger partial charge in [0, 0.05) is 16.8 Å². The number of hydrogen-bond donors (Lipinski definition) is 1. The number of thiophene rings is 1. The lowest BCUT2D eigenvalue weighted by Crippen LogP contribution is -2.25. The molecule has 1 aliphatic rings. The van der Waals surface area contributed by atoms with E-state index in [4.69, 9.17) is 4.74 Å². The number of nitrogens with one attached hydrogen (secondary N) is 1. The predicted molar refractivity (Wildman–Crippen MR) is 86.1 cm³/mol. The van der Waals surface area contributed by atoms with Gasteiger partial charge in [0.15, 0.2) is 0 Å². The molecule has 0 radical (unpaired) electrons. The van der Waals surface area contributed by atoms with E-state index in [1.54, 1.807) is 29.7 Å². The van der Waals surface area contributed by atoms with E-state index in [0.717, 1.165) is 22.8 Å². The van der Waals surface area contributed by atoms with Crippen LogP contribution in [0.4, 0.5) is 0 Å². The number of nitrogens with zero attached hydrogens (tertiary/aromatic N) is 1. The first kappa shape index (κ1) is 14.4. The lowest BCUT2D eigenvalue weighted by Gasteiger charge is -2.14. The van der Waals surface area contributed by atoms with Crippen LogP contribution in [0.5, 0.6) is 5.88 Å². The van der Waals surface area contributed by atoms with Crippen molar-refractivity contribution in [1.29, 1.82) is 0 Å². The van der Waals surface area contributed by atoms with Gasteiger partial charge in [-0.05, 0) is 35.8 Å². The molecular weight excluding hydrogens is 304 g/mol. The van der Waals surface area contributed by atoms with Crippen LogP contribution < -0.4 is 10.1 Å². The zero-order valence-electron chi connectivity index (χ0n) is 11.5. The number of rotatable bonds is 5. The molecule has 0 aliphatic carbocycles. The van der Waals surface area contributed by atoms with Crippen LogP contribution in [0.25, 0.3) is 0 Å². The topological polar surface area (TPSA) is 51.2 Å². The Labute approximate surface area is 131 Å². The van der Waals surface area contributed by atoms with Crippen molar-refractivity contribution < 1.29 is 9.53 Å². The maximum Gasteiger partial charge on any atom is 0.257 e. The SMILES string of the molecule is O=C(NCc1cccs1)c1cccnc1O[C@H]1CCSC1. The highest BCUT2D eigenvalue weighted by atomic mass is 32.2. The molecule has 0 bridgehead atoms. The van der Waals surface area contributed by atoms with Gasteiger partial charge in [0.2, 0.25) is 5.88 Å². The van der Waals surface area contributed by atoms with E-state index < -0.39 is 0 Å². The van der Waals surface area contributed by atoms with Gasteiger partial charge in [-0.25, -0.2) is 4.98 Å². The van der Waals surface area contributed by atoms with E-state index in [1.165, 1.54) is 0 Å². The molecule has 0 aromatic carbocycles. The molecule has 1 saturated heterocycles. The fraction of sp³-hybridized carbons (Fsp3) is 0.333. The molecule has 1 fully saturated rings. The molecule has 6 heteroatoms. The lowest BCUT2D eigenvalue weighted by atomic mass is 10.2. The van der Waals surface area contributed by atoms with Crippen molar-refractivity contribution >= 4 is 29.0 Å². The number of hydrogen-bond acceptors (Lipinski definition) is 5. The second kappa shape index (κ2) is 6.95.